The first-order valence-electron chi connectivity index (χ1n) is 6.13. The molecule has 3 nitrogen and oxygen atoms in total. The van der Waals surface area contributed by atoms with Crippen molar-refractivity contribution in [1.29, 1.82) is 0 Å². The number of hydrogen-bond acceptors (Lipinski definition) is 4. The molecule has 2 aliphatic heterocycles. The molecule has 0 atom stereocenters. The zero-order valence-corrected chi connectivity index (χ0v) is 12.7. The van der Waals surface area contributed by atoms with Gasteiger partial charge in [0.2, 0.25) is 0 Å². The van der Waals surface area contributed by atoms with Crippen molar-refractivity contribution in [3.8, 4) is 0 Å². The van der Waals surface area contributed by atoms with E-state index >= 15 is 0 Å². The third kappa shape index (κ3) is 3.20. The van der Waals surface area contributed by atoms with Gasteiger partial charge in [0.15, 0.2) is 6.29 Å². The number of rotatable bonds is 3. The van der Waals surface area contributed by atoms with E-state index in [2.05, 4.69) is 29.2 Å². The fourth-order valence-corrected chi connectivity index (χ4v) is 3.29. The minimum Gasteiger partial charge on any atom is -0.361 e. The van der Waals surface area contributed by atoms with E-state index in [9.17, 15) is 0 Å². The molecule has 0 aliphatic carbocycles. The van der Waals surface area contributed by atoms with Gasteiger partial charge in [-0.15, -0.1) is 28.7 Å². The Balaban J connectivity index is 0.00000120. The Morgan fingerprint density at radius 2 is 2.00 bits per heavy atom. The molecule has 18 heavy (non-hydrogen) atoms. The van der Waals surface area contributed by atoms with Crippen LogP contribution >= 0.6 is 28.7 Å². The quantitative estimate of drug-likeness (QED) is 0.847. The Morgan fingerprint density at radius 1 is 1.22 bits per heavy atom. The van der Waals surface area contributed by atoms with Crippen molar-refractivity contribution in [2.45, 2.75) is 24.0 Å². The molecule has 2 aliphatic rings. The molecule has 100 valence electrons. The van der Waals surface area contributed by atoms with Crippen molar-refractivity contribution in [2.75, 3.05) is 30.5 Å². The third-order valence-electron chi connectivity index (χ3n) is 3.11. The van der Waals surface area contributed by atoms with Crippen molar-refractivity contribution in [3.05, 3.63) is 24.3 Å². The number of nitrogens with zero attached hydrogens (tertiary/aromatic N) is 1. The molecule has 0 unspecified atom stereocenters. The van der Waals surface area contributed by atoms with Crippen molar-refractivity contribution < 1.29 is 9.47 Å². The second-order valence-electron chi connectivity index (χ2n) is 4.32. The van der Waals surface area contributed by atoms with E-state index in [-0.39, 0.29) is 23.3 Å². The van der Waals surface area contributed by atoms with Gasteiger partial charge in [0.1, 0.15) is 0 Å². The molecule has 0 N–H and O–H groups in total. The molecule has 0 spiro atoms. The zero-order valence-electron chi connectivity index (χ0n) is 10.2. The fraction of sp³-hybridized carbons (Fsp3) is 0.538. The number of para-hydroxylation sites is 1. The van der Waals surface area contributed by atoms with Crippen LogP contribution in [-0.4, -0.2) is 31.9 Å². The van der Waals surface area contributed by atoms with E-state index in [1.807, 2.05) is 11.8 Å². The molecular formula is C13H18BrNO2S. The maximum Gasteiger partial charge on any atom is 0.159 e. The minimum absolute atomic E-state index is 0. The smallest absolute Gasteiger partial charge is 0.159 e. The van der Waals surface area contributed by atoms with Crippen LogP contribution in [0.3, 0.4) is 0 Å². The topological polar surface area (TPSA) is 21.7 Å². The highest BCUT2D eigenvalue weighted by atomic mass is 79.9. The van der Waals surface area contributed by atoms with Gasteiger partial charge < -0.3 is 14.4 Å². The molecule has 0 saturated carbocycles. The summed E-state index contributed by atoms with van der Waals surface area (Å²) in [4.78, 5) is 3.79. The number of halogens is 1. The molecule has 1 aromatic rings. The Morgan fingerprint density at radius 3 is 2.83 bits per heavy atom. The average Bonchev–Trinajstić information content (AvgIpc) is 2.81. The predicted molar refractivity (Wildman–Crippen MR) is 79.8 cm³/mol. The van der Waals surface area contributed by atoms with Crippen LogP contribution in [0.5, 0.6) is 0 Å². The van der Waals surface area contributed by atoms with Crippen LogP contribution in [0.4, 0.5) is 5.69 Å². The van der Waals surface area contributed by atoms with Gasteiger partial charge in [0, 0.05) is 17.9 Å². The maximum absolute atomic E-state index is 5.57. The largest absolute Gasteiger partial charge is 0.361 e. The SMILES string of the molecule is Br.c1ccc2c(c1)SCN2CCC1OCCCO1. The molecule has 1 fully saturated rings. The number of hydrogen-bond donors (Lipinski definition) is 0. The Labute approximate surface area is 123 Å². The Hall–Kier alpha value is -0.230. The average molecular weight is 332 g/mol. The Bertz CT molecular complexity index is 385. The van der Waals surface area contributed by atoms with E-state index < -0.39 is 0 Å². The molecule has 1 saturated heterocycles. The third-order valence-corrected chi connectivity index (χ3v) is 4.21. The van der Waals surface area contributed by atoms with Gasteiger partial charge in [-0.2, -0.15) is 0 Å². The number of anilines is 1. The molecule has 0 bridgehead atoms. The van der Waals surface area contributed by atoms with Crippen molar-refractivity contribution in [1.82, 2.24) is 0 Å². The maximum atomic E-state index is 5.57. The summed E-state index contributed by atoms with van der Waals surface area (Å²) in [7, 11) is 0. The van der Waals surface area contributed by atoms with Crippen molar-refractivity contribution in [2.24, 2.45) is 0 Å². The van der Waals surface area contributed by atoms with Crippen LogP contribution in [0, 0.1) is 0 Å². The van der Waals surface area contributed by atoms with E-state index in [1.54, 1.807) is 0 Å². The highest BCUT2D eigenvalue weighted by Gasteiger charge is 2.21. The van der Waals surface area contributed by atoms with Gasteiger partial charge in [0.05, 0.1) is 24.8 Å². The predicted octanol–water partition coefficient (Wildman–Crippen LogP) is 3.29. The fourth-order valence-electron chi connectivity index (χ4n) is 2.21. The molecule has 3 rings (SSSR count). The lowest BCUT2D eigenvalue weighted by Crippen LogP contribution is -2.30. The van der Waals surface area contributed by atoms with E-state index in [0.717, 1.165) is 38.5 Å². The lowest BCUT2D eigenvalue weighted by molar-refractivity contribution is -0.179. The molecule has 1 aromatic carbocycles. The van der Waals surface area contributed by atoms with Gasteiger partial charge in [0.25, 0.3) is 0 Å². The molecule has 0 amide bonds. The second-order valence-corrected chi connectivity index (χ2v) is 5.30. The normalized spacial score (nSPS) is 19.4. The first kappa shape index (κ1) is 14.2. The van der Waals surface area contributed by atoms with Gasteiger partial charge in [-0.1, -0.05) is 12.1 Å². The molecule has 0 radical (unpaired) electrons. The summed E-state index contributed by atoms with van der Waals surface area (Å²) in [6.07, 6.45) is 1.98. The number of ether oxygens (including phenoxy) is 2. The molecule has 2 heterocycles. The van der Waals surface area contributed by atoms with Crippen LogP contribution in [0.15, 0.2) is 29.2 Å². The lowest BCUT2D eigenvalue weighted by atomic mass is 10.2. The van der Waals surface area contributed by atoms with Crippen molar-refractivity contribution >= 4 is 34.4 Å². The zero-order chi connectivity index (χ0) is 11.5. The lowest BCUT2D eigenvalue weighted by Gasteiger charge is -2.26. The van der Waals surface area contributed by atoms with Crippen LogP contribution < -0.4 is 4.90 Å². The van der Waals surface area contributed by atoms with Gasteiger partial charge >= 0.3 is 0 Å². The van der Waals surface area contributed by atoms with Gasteiger partial charge in [-0.3, -0.25) is 0 Å². The summed E-state index contributed by atoms with van der Waals surface area (Å²) in [6.45, 7) is 2.70. The summed E-state index contributed by atoms with van der Waals surface area (Å²) in [5.41, 5.74) is 1.35. The van der Waals surface area contributed by atoms with Gasteiger partial charge in [-0.25, -0.2) is 0 Å². The standard InChI is InChI=1S/C13H17NO2S.BrH/c1-2-5-12-11(4-1)14(10-17-12)7-6-13-15-8-3-9-16-13;/h1-2,4-5,13H,3,6-10H2;1H. The summed E-state index contributed by atoms with van der Waals surface area (Å²) < 4.78 is 11.1. The molecular weight excluding hydrogens is 314 g/mol. The van der Waals surface area contributed by atoms with Gasteiger partial charge in [-0.05, 0) is 18.6 Å². The van der Waals surface area contributed by atoms with Crippen molar-refractivity contribution in [3.63, 3.8) is 0 Å². The minimum atomic E-state index is 0. The number of benzene rings is 1. The monoisotopic (exact) mass is 331 g/mol. The Kier molecular flexibility index (Phi) is 5.36. The van der Waals surface area contributed by atoms with Crippen LogP contribution in [-0.2, 0) is 9.47 Å². The van der Waals surface area contributed by atoms with Crippen LogP contribution in [0.2, 0.25) is 0 Å². The number of thioether (sulfide) groups is 1. The van der Waals surface area contributed by atoms with E-state index in [1.165, 1.54) is 10.6 Å². The first-order valence-corrected chi connectivity index (χ1v) is 7.12. The van der Waals surface area contributed by atoms with E-state index in [4.69, 9.17) is 9.47 Å². The van der Waals surface area contributed by atoms with Crippen LogP contribution in [0.1, 0.15) is 12.8 Å². The highest BCUT2D eigenvalue weighted by molar-refractivity contribution is 8.93. The van der Waals surface area contributed by atoms with Crippen LogP contribution in [0.25, 0.3) is 0 Å². The van der Waals surface area contributed by atoms with E-state index in [0.29, 0.717) is 0 Å². The molecule has 0 aromatic heterocycles. The number of fused-ring (bicyclic) bond motifs is 1. The summed E-state index contributed by atoms with van der Waals surface area (Å²) in [5, 5.41) is 0. The summed E-state index contributed by atoms with van der Waals surface area (Å²) in [5.74, 6) is 1.05. The second kappa shape index (κ2) is 6.80. The summed E-state index contributed by atoms with van der Waals surface area (Å²) in [6, 6.07) is 8.58. The summed E-state index contributed by atoms with van der Waals surface area (Å²) >= 11 is 1.91. The first-order chi connectivity index (χ1) is 8.43. The highest BCUT2D eigenvalue weighted by Crippen LogP contribution is 2.38. The molecule has 5 heteroatoms.